The molecule has 3 aromatic carbocycles. The van der Waals surface area contributed by atoms with Crippen molar-refractivity contribution in [1.29, 1.82) is 0 Å². The molecule has 0 bridgehead atoms. The Balaban J connectivity index is 0.000000872. The number of alkyl halides is 3. The summed E-state index contributed by atoms with van der Waals surface area (Å²) in [6.07, 6.45) is -3.57. The van der Waals surface area contributed by atoms with Gasteiger partial charge in [-0.2, -0.15) is 13.2 Å². The number of carbonyl (C=O) groups is 3. The lowest BCUT2D eigenvalue weighted by atomic mass is 10.0. The molecule has 1 heterocycles. The molecular formula is C33H35F4N5O7S. The molecule has 50 heavy (non-hydrogen) atoms. The number of likely N-dealkylation sites (N-methyl/N-ethyl adjacent to an activating group) is 1. The van der Waals surface area contributed by atoms with Crippen molar-refractivity contribution in [3.63, 3.8) is 0 Å². The van der Waals surface area contributed by atoms with Crippen LogP contribution < -0.4 is 21.1 Å². The van der Waals surface area contributed by atoms with Gasteiger partial charge in [0.15, 0.2) is 9.84 Å². The molecule has 1 atom stereocenters. The van der Waals surface area contributed by atoms with Gasteiger partial charge >= 0.3 is 12.1 Å². The normalized spacial score (nSPS) is 11.9. The van der Waals surface area contributed by atoms with Crippen LogP contribution in [-0.4, -0.2) is 66.8 Å². The number of anilines is 3. The molecule has 0 fully saturated rings. The molecule has 12 nitrogen and oxygen atoms in total. The highest BCUT2D eigenvalue weighted by atomic mass is 32.2. The first-order valence-electron chi connectivity index (χ1n) is 14.9. The zero-order valence-corrected chi connectivity index (χ0v) is 28.2. The molecule has 4 rings (SSSR count). The Morgan fingerprint density at radius 1 is 1.06 bits per heavy atom. The number of nitrogen functional groups attached to an aromatic ring is 1. The molecule has 0 saturated carbocycles. The number of sulfone groups is 1. The van der Waals surface area contributed by atoms with E-state index in [4.69, 9.17) is 20.4 Å². The number of fused-ring (bicyclic) bond motifs is 1. The standard InChI is InChI=1S/C31H34FN5O5S.C2HF3O2/c1-5-42-24-9-7-8-21(15-24)29(36-27-16-20-12-13-34-30(33)25(20)17-26(27)32)31(39)37(4)18-22-14-23(35-19(3)38)10-11-28(22)43(40,41)6-2;3-2(4,5)1(6)7/h7-17,29,36H,5-6,18H2,1-4H3,(H2,33,34)(H,35,38);(H,6,7). The maximum absolute atomic E-state index is 15.4. The minimum atomic E-state index is -5.08. The number of ether oxygens (including phenoxy) is 1. The first-order chi connectivity index (χ1) is 23.4. The minimum Gasteiger partial charge on any atom is -0.494 e. The summed E-state index contributed by atoms with van der Waals surface area (Å²) >= 11 is 0. The number of benzene rings is 3. The third kappa shape index (κ3) is 10.0. The molecule has 4 aromatic rings. The summed E-state index contributed by atoms with van der Waals surface area (Å²) in [4.78, 5) is 40.1. The van der Waals surface area contributed by atoms with E-state index >= 15 is 4.39 Å². The fraction of sp³-hybridized carbons (Fsp3) is 0.273. The number of aliphatic carboxylic acids is 1. The van der Waals surface area contributed by atoms with E-state index in [1.54, 1.807) is 36.4 Å². The highest BCUT2D eigenvalue weighted by molar-refractivity contribution is 7.91. The lowest BCUT2D eigenvalue weighted by Gasteiger charge is -2.27. The van der Waals surface area contributed by atoms with Gasteiger partial charge in [0.1, 0.15) is 23.4 Å². The first-order valence-corrected chi connectivity index (χ1v) is 16.5. The molecular weight excluding hydrogens is 686 g/mol. The number of rotatable bonds is 11. The SMILES string of the molecule is CCOc1cccc(C(Nc2cc3ccnc(N)c3cc2F)C(=O)N(C)Cc2cc(NC(C)=O)ccc2S(=O)(=O)CC)c1.O=C(O)C(F)(F)F. The fourth-order valence-electron chi connectivity index (χ4n) is 4.72. The third-order valence-electron chi connectivity index (χ3n) is 7.05. The predicted octanol–water partition coefficient (Wildman–Crippen LogP) is 5.55. The monoisotopic (exact) mass is 721 g/mol. The average Bonchev–Trinajstić information content (AvgIpc) is 3.04. The van der Waals surface area contributed by atoms with Gasteiger partial charge in [0, 0.05) is 37.8 Å². The Labute approximate surface area is 285 Å². The maximum atomic E-state index is 15.4. The zero-order valence-electron chi connectivity index (χ0n) is 27.3. The molecule has 268 valence electrons. The summed E-state index contributed by atoms with van der Waals surface area (Å²) in [6.45, 7) is 5.01. The largest absolute Gasteiger partial charge is 0.494 e. The van der Waals surface area contributed by atoms with Gasteiger partial charge in [-0.3, -0.25) is 9.59 Å². The Morgan fingerprint density at radius 2 is 1.74 bits per heavy atom. The molecule has 5 N–H and O–H groups in total. The molecule has 17 heteroatoms. The van der Waals surface area contributed by atoms with Gasteiger partial charge in [0.25, 0.3) is 0 Å². The van der Waals surface area contributed by atoms with Crippen LogP contribution >= 0.6 is 0 Å². The topological polar surface area (TPSA) is 181 Å². The van der Waals surface area contributed by atoms with Crippen LogP contribution in [-0.2, 0) is 30.8 Å². The number of pyridine rings is 1. The summed E-state index contributed by atoms with van der Waals surface area (Å²) in [5.41, 5.74) is 7.21. The number of nitrogens with two attached hydrogens (primary N) is 1. The summed E-state index contributed by atoms with van der Waals surface area (Å²) in [5, 5.41) is 13.9. The number of amides is 2. The second-order valence-corrected chi connectivity index (χ2v) is 13.0. The summed E-state index contributed by atoms with van der Waals surface area (Å²) in [5.74, 6) is -3.62. The van der Waals surface area contributed by atoms with Crippen molar-refractivity contribution in [2.45, 2.75) is 44.4 Å². The number of halogens is 4. The quantitative estimate of drug-likeness (QED) is 0.143. The van der Waals surface area contributed by atoms with Crippen LogP contribution in [0.3, 0.4) is 0 Å². The van der Waals surface area contributed by atoms with Crippen LogP contribution in [0.1, 0.15) is 37.9 Å². The van der Waals surface area contributed by atoms with E-state index in [1.807, 2.05) is 6.92 Å². The second kappa shape index (κ2) is 16.3. The van der Waals surface area contributed by atoms with Gasteiger partial charge in [0.05, 0.1) is 22.9 Å². The van der Waals surface area contributed by atoms with Crippen LogP contribution in [0.5, 0.6) is 5.75 Å². The second-order valence-electron chi connectivity index (χ2n) is 10.7. The van der Waals surface area contributed by atoms with Crippen LogP contribution in [0.15, 0.2) is 71.8 Å². The van der Waals surface area contributed by atoms with Crippen molar-refractivity contribution in [2.75, 3.05) is 35.8 Å². The van der Waals surface area contributed by atoms with Crippen LogP contribution in [0, 0.1) is 5.82 Å². The van der Waals surface area contributed by atoms with Crippen molar-refractivity contribution in [1.82, 2.24) is 9.88 Å². The summed E-state index contributed by atoms with van der Waals surface area (Å²) in [7, 11) is -2.13. The number of aromatic nitrogens is 1. The highest BCUT2D eigenvalue weighted by Gasteiger charge is 2.38. The van der Waals surface area contributed by atoms with E-state index in [0.29, 0.717) is 39.9 Å². The van der Waals surface area contributed by atoms with E-state index in [0.717, 1.165) is 0 Å². The van der Waals surface area contributed by atoms with E-state index in [-0.39, 0.29) is 34.6 Å². The van der Waals surface area contributed by atoms with Crippen molar-refractivity contribution in [3.05, 3.63) is 83.8 Å². The van der Waals surface area contributed by atoms with E-state index in [1.165, 1.54) is 56.3 Å². The molecule has 0 aliphatic heterocycles. The number of nitrogens with one attached hydrogen (secondary N) is 2. The van der Waals surface area contributed by atoms with E-state index < -0.39 is 39.7 Å². The lowest BCUT2D eigenvalue weighted by molar-refractivity contribution is -0.192. The van der Waals surface area contributed by atoms with Crippen molar-refractivity contribution in [3.8, 4) is 5.75 Å². The molecule has 1 unspecified atom stereocenters. The smallest absolute Gasteiger partial charge is 0.490 e. The molecule has 0 aliphatic carbocycles. The number of carbonyl (C=O) groups excluding carboxylic acids is 2. The molecule has 1 aromatic heterocycles. The van der Waals surface area contributed by atoms with Crippen LogP contribution in [0.2, 0.25) is 0 Å². The van der Waals surface area contributed by atoms with Crippen molar-refractivity contribution in [2.24, 2.45) is 0 Å². The van der Waals surface area contributed by atoms with Gasteiger partial charge < -0.3 is 31.1 Å². The number of nitrogens with zero attached hydrogens (tertiary/aromatic N) is 2. The van der Waals surface area contributed by atoms with Crippen LogP contribution in [0.4, 0.5) is 34.8 Å². The number of hydrogen-bond donors (Lipinski definition) is 4. The van der Waals surface area contributed by atoms with Crippen molar-refractivity contribution >= 4 is 55.6 Å². The fourth-order valence-corrected chi connectivity index (χ4v) is 5.83. The Hall–Kier alpha value is -5.45. The van der Waals surface area contributed by atoms with Gasteiger partial charge in [0.2, 0.25) is 11.8 Å². The van der Waals surface area contributed by atoms with Gasteiger partial charge in [-0.25, -0.2) is 22.6 Å². The highest BCUT2D eigenvalue weighted by Crippen LogP contribution is 2.31. The zero-order chi connectivity index (χ0) is 37.4. The van der Waals surface area contributed by atoms with Gasteiger partial charge in [-0.05, 0) is 72.0 Å². The summed E-state index contributed by atoms with van der Waals surface area (Å²) < 4.78 is 78.5. The number of carboxylic acid groups (broad SMARTS) is 1. The van der Waals surface area contributed by atoms with E-state index in [9.17, 15) is 31.2 Å². The lowest BCUT2D eigenvalue weighted by Crippen LogP contribution is -2.35. The Kier molecular flexibility index (Phi) is 12.7. The maximum Gasteiger partial charge on any atom is 0.490 e. The summed E-state index contributed by atoms with van der Waals surface area (Å²) in [6, 6.07) is 14.8. The van der Waals surface area contributed by atoms with Crippen molar-refractivity contribution < 1.29 is 50.2 Å². The van der Waals surface area contributed by atoms with Gasteiger partial charge in [-0.1, -0.05) is 19.1 Å². The first kappa shape index (κ1) is 39.0. The Bertz CT molecular complexity index is 1990. The predicted molar refractivity (Wildman–Crippen MR) is 179 cm³/mol. The minimum absolute atomic E-state index is 0.0541. The molecule has 0 saturated heterocycles. The number of hydrogen-bond acceptors (Lipinski definition) is 9. The number of carboxylic acids is 1. The Morgan fingerprint density at radius 3 is 2.34 bits per heavy atom. The molecule has 0 aliphatic rings. The average molecular weight is 722 g/mol. The van der Waals surface area contributed by atoms with Gasteiger partial charge in [-0.15, -0.1) is 0 Å². The molecule has 0 spiro atoms. The molecule has 2 amide bonds. The van der Waals surface area contributed by atoms with E-state index in [2.05, 4.69) is 15.6 Å². The van der Waals surface area contributed by atoms with Crippen LogP contribution in [0.25, 0.3) is 10.8 Å². The molecule has 0 radical (unpaired) electrons. The third-order valence-corrected chi connectivity index (χ3v) is 8.88.